The Hall–Kier alpha value is -2.51. The largest absolute Gasteiger partial charge is 0.435 e. The maximum atomic E-state index is 12.6. The van der Waals surface area contributed by atoms with Gasteiger partial charge in [0, 0.05) is 12.5 Å². The summed E-state index contributed by atoms with van der Waals surface area (Å²) < 4.78 is 30.5. The number of carbonyl (C=O) groups is 1. The first-order valence-electron chi connectivity index (χ1n) is 7.82. The van der Waals surface area contributed by atoms with Crippen LogP contribution < -0.4 is 4.74 Å². The van der Waals surface area contributed by atoms with Crippen molar-refractivity contribution in [3.05, 3.63) is 42.0 Å². The van der Waals surface area contributed by atoms with Crippen molar-refractivity contribution in [2.24, 2.45) is 5.92 Å². The molecule has 0 radical (unpaired) electrons. The molecule has 1 amide bonds. The number of carbonyl (C=O) groups excluding carboxylic acids is 1. The molecule has 0 unspecified atom stereocenters. The van der Waals surface area contributed by atoms with E-state index in [0.717, 1.165) is 17.8 Å². The zero-order chi connectivity index (χ0) is 16.7. The van der Waals surface area contributed by atoms with Crippen LogP contribution in [0.15, 0.2) is 30.6 Å². The molecule has 4 rings (SSSR count). The standard InChI is InChI=1S/C16H16F2N4O2/c17-16(18)24-11-3-1-10(2-4-11)12-7-13(12)15(23)21-5-6-22-14(8-21)19-9-20-22/h1-4,9,12-13,16H,5-8H2/t12-,13+/m1/s1. The number of fused-ring (bicyclic) bond motifs is 1. The van der Waals surface area contributed by atoms with Crippen LogP contribution >= 0.6 is 0 Å². The van der Waals surface area contributed by atoms with E-state index < -0.39 is 6.61 Å². The van der Waals surface area contributed by atoms with Crippen molar-refractivity contribution in [1.29, 1.82) is 0 Å². The Kier molecular flexibility index (Phi) is 3.66. The SMILES string of the molecule is O=C([C@H]1C[C@@H]1c1ccc(OC(F)F)cc1)N1CCn2ncnc2C1. The minimum atomic E-state index is -2.83. The van der Waals surface area contributed by atoms with E-state index in [2.05, 4.69) is 14.8 Å². The third kappa shape index (κ3) is 2.83. The van der Waals surface area contributed by atoms with Crippen LogP contribution in [0.3, 0.4) is 0 Å². The van der Waals surface area contributed by atoms with Gasteiger partial charge in [-0.1, -0.05) is 12.1 Å². The molecule has 1 aromatic heterocycles. The fourth-order valence-electron chi connectivity index (χ4n) is 3.22. The molecule has 2 aromatic rings. The van der Waals surface area contributed by atoms with Crippen molar-refractivity contribution in [2.75, 3.05) is 6.54 Å². The Morgan fingerprint density at radius 3 is 2.79 bits per heavy atom. The summed E-state index contributed by atoms with van der Waals surface area (Å²) in [6, 6.07) is 6.54. The van der Waals surface area contributed by atoms with Crippen molar-refractivity contribution in [3.8, 4) is 5.75 Å². The maximum Gasteiger partial charge on any atom is 0.387 e. The molecule has 1 aliphatic carbocycles. The fraction of sp³-hybridized carbons (Fsp3) is 0.438. The highest BCUT2D eigenvalue weighted by molar-refractivity contribution is 5.83. The van der Waals surface area contributed by atoms with Gasteiger partial charge < -0.3 is 9.64 Å². The molecule has 6 nitrogen and oxygen atoms in total. The topological polar surface area (TPSA) is 60.2 Å². The number of alkyl halides is 2. The van der Waals surface area contributed by atoms with Crippen molar-refractivity contribution in [1.82, 2.24) is 19.7 Å². The second-order valence-electron chi connectivity index (χ2n) is 6.06. The summed E-state index contributed by atoms with van der Waals surface area (Å²) in [6.45, 7) is -1.03. The minimum absolute atomic E-state index is 0.0404. The van der Waals surface area contributed by atoms with Crippen LogP contribution in [-0.2, 0) is 17.9 Å². The lowest BCUT2D eigenvalue weighted by atomic mass is 10.1. The first-order valence-corrected chi connectivity index (χ1v) is 7.82. The van der Waals surface area contributed by atoms with Gasteiger partial charge in [0.2, 0.25) is 5.91 Å². The van der Waals surface area contributed by atoms with Crippen molar-refractivity contribution in [2.45, 2.75) is 32.0 Å². The number of ether oxygens (including phenoxy) is 1. The highest BCUT2D eigenvalue weighted by atomic mass is 19.3. The maximum absolute atomic E-state index is 12.6. The number of amides is 1. The molecule has 0 bridgehead atoms. The van der Waals surface area contributed by atoms with Crippen LogP contribution in [0.1, 0.15) is 23.7 Å². The van der Waals surface area contributed by atoms with E-state index in [9.17, 15) is 13.6 Å². The number of hydrogen-bond acceptors (Lipinski definition) is 4. The Morgan fingerprint density at radius 2 is 2.04 bits per heavy atom. The Balaban J connectivity index is 1.38. The highest BCUT2D eigenvalue weighted by Gasteiger charge is 2.46. The van der Waals surface area contributed by atoms with Crippen LogP contribution in [0.25, 0.3) is 0 Å². The summed E-state index contributed by atoms with van der Waals surface area (Å²) in [5, 5.41) is 4.10. The number of benzene rings is 1. The van der Waals surface area contributed by atoms with E-state index in [1.807, 2.05) is 9.58 Å². The number of halogens is 2. The van der Waals surface area contributed by atoms with Gasteiger partial charge in [0.1, 0.15) is 17.9 Å². The van der Waals surface area contributed by atoms with Gasteiger partial charge in [-0.3, -0.25) is 4.79 Å². The number of rotatable bonds is 4. The van der Waals surface area contributed by atoms with Gasteiger partial charge in [-0.05, 0) is 30.0 Å². The number of hydrogen-bond donors (Lipinski definition) is 0. The van der Waals surface area contributed by atoms with E-state index in [4.69, 9.17) is 0 Å². The smallest absolute Gasteiger partial charge is 0.387 e. The average molecular weight is 334 g/mol. The Labute approximate surface area is 137 Å². The average Bonchev–Trinajstić information content (AvgIpc) is 3.23. The third-order valence-electron chi connectivity index (χ3n) is 4.56. The molecule has 2 heterocycles. The molecule has 1 saturated carbocycles. The van der Waals surface area contributed by atoms with Gasteiger partial charge >= 0.3 is 6.61 Å². The zero-order valence-corrected chi connectivity index (χ0v) is 12.8. The number of nitrogens with zero attached hydrogens (tertiary/aromatic N) is 4. The second kappa shape index (κ2) is 5.85. The summed E-state index contributed by atoms with van der Waals surface area (Å²) in [7, 11) is 0. The van der Waals surface area contributed by atoms with Crippen LogP contribution in [-0.4, -0.2) is 38.7 Å². The van der Waals surface area contributed by atoms with Crippen molar-refractivity contribution >= 4 is 5.91 Å². The van der Waals surface area contributed by atoms with Gasteiger partial charge in [-0.15, -0.1) is 0 Å². The van der Waals surface area contributed by atoms with Crippen molar-refractivity contribution < 1.29 is 18.3 Å². The van der Waals surface area contributed by atoms with E-state index >= 15 is 0 Å². The lowest BCUT2D eigenvalue weighted by Crippen LogP contribution is -2.39. The van der Waals surface area contributed by atoms with Crippen LogP contribution in [0.5, 0.6) is 5.75 Å². The molecule has 1 fully saturated rings. The third-order valence-corrected chi connectivity index (χ3v) is 4.56. The van der Waals surface area contributed by atoms with Gasteiger partial charge in [-0.2, -0.15) is 13.9 Å². The van der Waals surface area contributed by atoms with Crippen LogP contribution in [0.2, 0.25) is 0 Å². The molecule has 126 valence electrons. The van der Waals surface area contributed by atoms with E-state index in [1.165, 1.54) is 18.5 Å². The predicted octanol–water partition coefficient (Wildman–Crippen LogP) is 2.03. The van der Waals surface area contributed by atoms with Crippen molar-refractivity contribution in [3.63, 3.8) is 0 Å². The van der Waals surface area contributed by atoms with Gasteiger partial charge in [0.25, 0.3) is 0 Å². The molecule has 2 aliphatic rings. The van der Waals surface area contributed by atoms with Gasteiger partial charge in [0.05, 0.1) is 13.1 Å². The lowest BCUT2D eigenvalue weighted by molar-refractivity contribution is -0.134. The Morgan fingerprint density at radius 1 is 1.25 bits per heavy atom. The molecule has 8 heteroatoms. The summed E-state index contributed by atoms with van der Waals surface area (Å²) in [5.74, 6) is 1.18. The van der Waals surface area contributed by atoms with Gasteiger partial charge in [0.15, 0.2) is 0 Å². The van der Waals surface area contributed by atoms with Crippen LogP contribution in [0, 0.1) is 5.92 Å². The zero-order valence-electron chi connectivity index (χ0n) is 12.8. The molecule has 0 N–H and O–H groups in total. The lowest BCUT2D eigenvalue weighted by Gasteiger charge is -2.27. The minimum Gasteiger partial charge on any atom is -0.435 e. The Bertz CT molecular complexity index is 747. The summed E-state index contributed by atoms with van der Waals surface area (Å²) in [4.78, 5) is 18.6. The normalized spacial score (nSPS) is 22.4. The van der Waals surface area contributed by atoms with Gasteiger partial charge in [-0.25, -0.2) is 9.67 Å². The van der Waals surface area contributed by atoms with E-state index in [-0.39, 0.29) is 23.5 Å². The summed E-state index contributed by atoms with van der Waals surface area (Å²) >= 11 is 0. The molecule has 0 saturated heterocycles. The summed E-state index contributed by atoms with van der Waals surface area (Å²) in [6.07, 6.45) is 2.29. The molecular weight excluding hydrogens is 318 g/mol. The quantitative estimate of drug-likeness (QED) is 0.858. The van der Waals surface area contributed by atoms with E-state index in [0.29, 0.717) is 19.6 Å². The van der Waals surface area contributed by atoms with Crippen LogP contribution in [0.4, 0.5) is 8.78 Å². The van der Waals surface area contributed by atoms with E-state index in [1.54, 1.807) is 12.1 Å². The monoisotopic (exact) mass is 334 g/mol. The first kappa shape index (κ1) is 15.0. The molecular formula is C16H16F2N4O2. The molecule has 2 atom stereocenters. The molecule has 1 aliphatic heterocycles. The molecule has 24 heavy (non-hydrogen) atoms. The predicted molar refractivity (Wildman–Crippen MR) is 79.4 cm³/mol. The molecule has 0 spiro atoms. The second-order valence-corrected chi connectivity index (χ2v) is 6.06. The summed E-state index contributed by atoms with van der Waals surface area (Å²) in [5.41, 5.74) is 0.982. The number of aromatic nitrogens is 3. The fourth-order valence-corrected chi connectivity index (χ4v) is 3.22. The molecule has 1 aromatic carbocycles. The first-order chi connectivity index (χ1) is 11.6. The highest BCUT2D eigenvalue weighted by Crippen LogP contribution is 2.49.